The van der Waals surface area contributed by atoms with Crippen LogP contribution in [0.1, 0.15) is 40.2 Å². The number of carbonyl (C=O) groups excluding carboxylic acids is 2. The molecule has 2 amide bonds. The number of rotatable bonds is 7. The maximum atomic E-state index is 12.5. The Labute approximate surface area is 174 Å². The lowest BCUT2D eigenvalue weighted by atomic mass is 10.2. The molecule has 0 unspecified atom stereocenters. The number of anilines is 2. The molecule has 154 valence electrons. The molecule has 3 aromatic rings. The highest BCUT2D eigenvalue weighted by Crippen LogP contribution is 2.30. The van der Waals surface area contributed by atoms with E-state index in [1.807, 2.05) is 13.8 Å². The molecule has 4 rings (SSSR count). The molecule has 0 aliphatic heterocycles. The van der Waals surface area contributed by atoms with Crippen LogP contribution in [0.15, 0.2) is 53.1 Å². The van der Waals surface area contributed by atoms with Crippen molar-refractivity contribution < 1.29 is 18.8 Å². The zero-order valence-electron chi connectivity index (χ0n) is 16.9. The fourth-order valence-corrected chi connectivity index (χ4v) is 3.00. The first-order valence-corrected chi connectivity index (χ1v) is 9.86. The van der Waals surface area contributed by atoms with Crippen molar-refractivity contribution in [1.29, 1.82) is 0 Å². The Balaban J connectivity index is 1.31. The van der Waals surface area contributed by atoms with Crippen molar-refractivity contribution in [3.63, 3.8) is 0 Å². The summed E-state index contributed by atoms with van der Waals surface area (Å²) in [6.07, 6.45) is 1.92. The minimum Gasteiger partial charge on any atom is -0.489 e. The Kier molecular flexibility index (Phi) is 5.52. The summed E-state index contributed by atoms with van der Waals surface area (Å²) >= 11 is 0. The maximum Gasteiger partial charge on any atom is 0.255 e. The van der Waals surface area contributed by atoms with E-state index in [1.54, 1.807) is 48.5 Å². The van der Waals surface area contributed by atoms with E-state index in [-0.39, 0.29) is 17.7 Å². The second kappa shape index (κ2) is 8.41. The Hall–Kier alpha value is -3.61. The highest BCUT2D eigenvalue weighted by atomic mass is 16.5. The lowest BCUT2D eigenvalue weighted by Gasteiger charge is -2.09. The Morgan fingerprint density at radius 2 is 1.63 bits per heavy atom. The SMILES string of the molecule is Cc1noc(C)c1COc1ccc(C(=O)Nc2ccc(NC(=O)C3CC3)cc2)cc1. The average molecular weight is 405 g/mol. The molecule has 7 heteroatoms. The molecule has 1 aliphatic carbocycles. The van der Waals surface area contributed by atoms with Gasteiger partial charge in [-0.25, -0.2) is 0 Å². The van der Waals surface area contributed by atoms with Crippen molar-refractivity contribution in [1.82, 2.24) is 5.16 Å². The molecule has 1 heterocycles. The van der Waals surface area contributed by atoms with Gasteiger partial charge in [0.1, 0.15) is 18.1 Å². The van der Waals surface area contributed by atoms with Crippen molar-refractivity contribution in [2.75, 3.05) is 10.6 Å². The summed E-state index contributed by atoms with van der Waals surface area (Å²) in [6, 6.07) is 14.0. The molecular formula is C23H23N3O4. The molecule has 2 N–H and O–H groups in total. The molecule has 2 aromatic carbocycles. The first kappa shape index (κ1) is 19.7. The van der Waals surface area contributed by atoms with Crippen LogP contribution in [-0.4, -0.2) is 17.0 Å². The lowest BCUT2D eigenvalue weighted by Crippen LogP contribution is -2.14. The molecule has 1 aromatic heterocycles. The minimum absolute atomic E-state index is 0.0587. The third kappa shape index (κ3) is 4.68. The predicted octanol–water partition coefficient (Wildman–Crippen LogP) is 4.47. The summed E-state index contributed by atoms with van der Waals surface area (Å²) < 4.78 is 10.9. The normalized spacial score (nSPS) is 13.0. The van der Waals surface area contributed by atoms with Gasteiger partial charge in [-0.1, -0.05) is 5.16 Å². The van der Waals surface area contributed by atoms with Crippen LogP contribution in [0.2, 0.25) is 0 Å². The zero-order valence-corrected chi connectivity index (χ0v) is 16.9. The summed E-state index contributed by atoms with van der Waals surface area (Å²) in [5, 5.41) is 9.63. The quantitative estimate of drug-likeness (QED) is 0.605. The number of hydrogen-bond acceptors (Lipinski definition) is 5. The molecule has 0 bridgehead atoms. The van der Waals surface area contributed by atoms with Crippen LogP contribution in [0.3, 0.4) is 0 Å². The topological polar surface area (TPSA) is 93.5 Å². The molecule has 0 atom stereocenters. The molecule has 0 radical (unpaired) electrons. The predicted molar refractivity (Wildman–Crippen MR) is 112 cm³/mol. The highest BCUT2D eigenvalue weighted by molar-refractivity contribution is 6.04. The van der Waals surface area contributed by atoms with Gasteiger partial charge in [-0.15, -0.1) is 0 Å². The van der Waals surface area contributed by atoms with Gasteiger partial charge in [0.05, 0.1) is 11.3 Å². The van der Waals surface area contributed by atoms with E-state index in [9.17, 15) is 9.59 Å². The van der Waals surface area contributed by atoms with E-state index in [2.05, 4.69) is 15.8 Å². The van der Waals surface area contributed by atoms with E-state index in [1.165, 1.54) is 0 Å². The van der Waals surface area contributed by atoms with E-state index < -0.39 is 0 Å². The van der Waals surface area contributed by atoms with Gasteiger partial charge in [0, 0.05) is 22.9 Å². The summed E-state index contributed by atoms with van der Waals surface area (Å²) in [4.78, 5) is 24.3. The number of nitrogens with one attached hydrogen (secondary N) is 2. The molecule has 1 saturated carbocycles. The summed E-state index contributed by atoms with van der Waals surface area (Å²) in [5.41, 5.74) is 3.63. The van der Waals surface area contributed by atoms with Crippen LogP contribution in [0.5, 0.6) is 5.75 Å². The Morgan fingerprint density at radius 1 is 1.00 bits per heavy atom. The van der Waals surface area contributed by atoms with E-state index in [0.717, 1.165) is 35.5 Å². The summed E-state index contributed by atoms with van der Waals surface area (Å²) in [5.74, 6) is 1.38. The van der Waals surface area contributed by atoms with Crippen LogP contribution in [0, 0.1) is 19.8 Å². The minimum atomic E-state index is -0.220. The fourth-order valence-electron chi connectivity index (χ4n) is 3.00. The van der Waals surface area contributed by atoms with Gasteiger partial charge in [0.15, 0.2) is 0 Å². The number of benzene rings is 2. The molecule has 1 aliphatic rings. The largest absolute Gasteiger partial charge is 0.489 e. The lowest BCUT2D eigenvalue weighted by molar-refractivity contribution is -0.117. The van der Waals surface area contributed by atoms with E-state index in [4.69, 9.17) is 9.26 Å². The van der Waals surface area contributed by atoms with Crippen LogP contribution in [-0.2, 0) is 11.4 Å². The number of nitrogens with zero attached hydrogens (tertiary/aromatic N) is 1. The van der Waals surface area contributed by atoms with E-state index >= 15 is 0 Å². The average Bonchev–Trinajstić information content (AvgIpc) is 3.55. The van der Waals surface area contributed by atoms with Gasteiger partial charge in [0.25, 0.3) is 5.91 Å². The number of ether oxygens (including phenoxy) is 1. The van der Waals surface area contributed by atoms with Crippen molar-refractivity contribution >= 4 is 23.2 Å². The third-order valence-corrected chi connectivity index (χ3v) is 5.04. The molecule has 30 heavy (non-hydrogen) atoms. The van der Waals surface area contributed by atoms with Crippen molar-refractivity contribution in [3.8, 4) is 5.75 Å². The fraction of sp³-hybridized carbons (Fsp3) is 0.261. The summed E-state index contributed by atoms with van der Waals surface area (Å²) in [6.45, 7) is 4.08. The number of hydrogen-bond donors (Lipinski definition) is 2. The van der Waals surface area contributed by atoms with Gasteiger partial charge in [0.2, 0.25) is 5.91 Å². The van der Waals surface area contributed by atoms with Gasteiger partial charge < -0.3 is 19.9 Å². The number of aryl methyl sites for hydroxylation is 2. The van der Waals surface area contributed by atoms with Crippen molar-refractivity contribution in [2.24, 2.45) is 5.92 Å². The monoisotopic (exact) mass is 405 g/mol. The Morgan fingerprint density at radius 3 is 2.20 bits per heavy atom. The van der Waals surface area contributed by atoms with Gasteiger partial charge in [-0.3, -0.25) is 9.59 Å². The number of amides is 2. The van der Waals surface area contributed by atoms with Gasteiger partial charge in [-0.05, 0) is 75.2 Å². The van der Waals surface area contributed by atoms with Crippen LogP contribution >= 0.6 is 0 Å². The smallest absolute Gasteiger partial charge is 0.255 e. The van der Waals surface area contributed by atoms with Gasteiger partial charge in [-0.2, -0.15) is 0 Å². The molecule has 0 saturated heterocycles. The van der Waals surface area contributed by atoms with Crippen molar-refractivity contribution in [2.45, 2.75) is 33.3 Å². The molecular weight excluding hydrogens is 382 g/mol. The van der Waals surface area contributed by atoms with Crippen LogP contribution < -0.4 is 15.4 Å². The Bertz CT molecular complexity index is 1030. The molecule has 1 fully saturated rings. The second-order valence-electron chi connectivity index (χ2n) is 7.41. The maximum absolute atomic E-state index is 12.5. The van der Waals surface area contributed by atoms with Gasteiger partial charge >= 0.3 is 0 Å². The molecule has 0 spiro atoms. The third-order valence-electron chi connectivity index (χ3n) is 5.04. The standard InChI is InChI=1S/C23H23N3O4/c1-14-21(15(2)30-26-14)13-29-20-11-5-17(6-12-20)23(28)25-19-9-7-18(8-10-19)24-22(27)16-3-4-16/h5-12,16H,3-4,13H2,1-2H3,(H,24,27)(H,25,28). The zero-order chi connectivity index (χ0) is 21.1. The van der Waals surface area contributed by atoms with Crippen molar-refractivity contribution in [3.05, 3.63) is 71.1 Å². The number of aromatic nitrogens is 1. The summed E-state index contributed by atoms with van der Waals surface area (Å²) in [7, 11) is 0. The van der Waals surface area contributed by atoms with Crippen LogP contribution in [0.4, 0.5) is 11.4 Å². The first-order chi connectivity index (χ1) is 14.5. The highest BCUT2D eigenvalue weighted by Gasteiger charge is 2.29. The molecule has 7 nitrogen and oxygen atoms in total. The first-order valence-electron chi connectivity index (χ1n) is 9.86. The van der Waals surface area contributed by atoms with E-state index in [0.29, 0.717) is 23.6 Å². The van der Waals surface area contributed by atoms with Crippen LogP contribution in [0.25, 0.3) is 0 Å². The number of carbonyl (C=O) groups is 2. The second-order valence-corrected chi connectivity index (χ2v) is 7.41.